The molecule has 2 rings (SSSR count). The molecule has 1 N–H and O–H groups in total. The van der Waals surface area contributed by atoms with Crippen molar-refractivity contribution in [2.45, 2.75) is 39.2 Å². The Labute approximate surface area is 132 Å². The SMILES string of the molecule is CCCNC(CCc1ccc(OC)cc1)c1sccc1C. The molecule has 1 unspecified atom stereocenters. The van der Waals surface area contributed by atoms with Crippen molar-refractivity contribution in [3.05, 3.63) is 51.7 Å². The van der Waals surface area contributed by atoms with Gasteiger partial charge in [-0.25, -0.2) is 0 Å². The Morgan fingerprint density at radius 2 is 1.95 bits per heavy atom. The molecule has 0 saturated carbocycles. The smallest absolute Gasteiger partial charge is 0.118 e. The lowest BCUT2D eigenvalue weighted by molar-refractivity contribution is 0.414. The van der Waals surface area contributed by atoms with E-state index in [1.54, 1.807) is 7.11 Å². The van der Waals surface area contributed by atoms with Crippen LogP contribution in [0.15, 0.2) is 35.7 Å². The van der Waals surface area contributed by atoms with Gasteiger partial charge in [-0.3, -0.25) is 0 Å². The van der Waals surface area contributed by atoms with E-state index in [-0.39, 0.29) is 0 Å². The van der Waals surface area contributed by atoms with Gasteiger partial charge in [0.2, 0.25) is 0 Å². The molecular weight excluding hydrogens is 278 g/mol. The fourth-order valence-corrected chi connectivity index (χ4v) is 3.53. The van der Waals surface area contributed by atoms with E-state index in [0.717, 1.165) is 25.1 Å². The third kappa shape index (κ3) is 4.58. The highest BCUT2D eigenvalue weighted by Gasteiger charge is 2.14. The first-order chi connectivity index (χ1) is 10.2. The fraction of sp³-hybridized carbons (Fsp3) is 0.444. The summed E-state index contributed by atoms with van der Waals surface area (Å²) in [7, 11) is 1.71. The summed E-state index contributed by atoms with van der Waals surface area (Å²) in [4.78, 5) is 1.48. The summed E-state index contributed by atoms with van der Waals surface area (Å²) in [5.74, 6) is 0.925. The zero-order chi connectivity index (χ0) is 15.1. The van der Waals surface area contributed by atoms with Gasteiger partial charge in [-0.1, -0.05) is 19.1 Å². The predicted octanol–water partition coefficient (Wildman–Crippen LogP) is 4.74. The van der Waals surface area contributed by atoms with E-state index < -0.39 is 0 Å². The van der Waals surface area contributed by atoms with Crippen molar-refractivity contribution in [2.24, 2.45) is 0 Å². The molecular formula is C18H25NOS. The number of ether oxygens (including phenoxy) is 1. The first-order valence-electron chi connectivity index (χ1n) is 7.65. The molecule has 2 aromatic rings. The van der Waals surface area contributed by atoms with Gasteiger partial charge < -0.3 is 10.1 Å². The van der Waals surface area contributed by atoms with E-state index in [1.807, 2.05) is 23.5 Å². The summed E-state index contributed by atoms with van der Waals surface area (Å²) in [5.41, 5.74) is 2.77. The second kappa shape index (κ2) is 8.20. The summed E-state index contributed by atoms with van der Waals surface area (Å²) in [6, 6.07) is 11.1. The zero-order valence-electron chi connectivity index (χ0n) is 13.2. The molecule has 1 aromatic heterocycles. The maximum Gasteiger partial charge on any atom is 0.118 e. The molecule has 3 heteroatoms. The fourth-order valence-electron chi connectivity index (χ4n) is 2.49. The minimum atomic E-state index is 0.465. The molecule has 114 valence electrons. The Balaban J connectivity index is 1.99. The number of thiophene rings is 1. The highest BCUT2D eigenvalue weighted by Crippen LogP contribution is 2.27. The van der Waals surface area contributed by atoms with Crippen molar-refractivity contribution in [2.75, 3.05) is 13.7 Å². The lowest BCUT2D eigenvalue weighted by Crippen LogP contribution is -2.22. The van der Waals surface area contributed by atoms with Crippen LogP contribution in [-0.2, 0) is 6.42 Å². The van der Waals surface area contributed by atoms with E-state index in [9.17, 15) is 0 Å². The number of nitrogens with one attached hydrogen (secondary N) is 1. The zero-order valence-corrected chi connectivity index (χ0v) is 14.0. The Morgan fingerprint density at radius 3 is 2.52 bits per heavy atom. The highest BCUT2D eigenvalue weighted by atomic mass is 32.1. The molecule has 21 heavy (non-hydrogen) atoms. The average molecular weight is 303 g/mol. The van der Waals surface area contributed by atoms with Crippen molar-refractivity contribution in [3.8, 4) is 5.75 Å². The maximum atomic E-state index is 5.21. The summed E-state index contributed by atoms with van der Waals surface area (Å²) in [5, 5.41) is 5.88. The van der Waals surface area contributed by atoms with Gasteiger partial charge in [-0.2, -0.15) is 0 Å². The Kier molecular flexibility index (Phi) is 6.27. The van der Waals surface area contributed by atoms with Crippen LogP contribution < -0.4 is 10.1 Å². The van der Waals surface area contributed by atoms with Crippen molar-refractivity contribution in [3.63, 3.8) is 0 Å². The summed E-state index contributed by atoms with van der Waals surface area (Å²) >= 11 is 1.87. The quantitative estimate of drug-likeness (QED) is 0.760. The minimum Gasteiger partial charge on any atom is -0.497 e. The van der Waals surface area contributed by atoms with Gasteiger partial charge in [0.15, 0.2) is 0 Å². The van der Waals surface area contributed by atoms with E-state index in [0.29, 0.717) is 6.04 Å². The number of aryl methyl sites for hydroxylation is 2. The van der Waals surface area contributed by atoms with Gasteiger partial charge in [0, 0.05) is 10.9 Å². The van der Waals surface area contributed by atoms with Gasteiger partial charge in [-0.05, 0) is 67.4 Å². The second-order valence-corrected chi connectivity index (χ2v) is 6.31. The summed E-state index contributed by atoms with van der Waals surface area (Å²) in [6.07, 6.45) is 3.39. The number of benzene rings is 1. The van der Waals surface area contributed by atoms with Crippen molar-refractivity contribution < 1.29 is 4.74 Å². The average Bonchev–Trinajstić information content (AvgIpc) is 2.94. The van der Waals surface area contributed by atoms with E-state index in [4.69, 9.17) is 4.74 Å². The van der Waals surface area contributed by atoms with Gasteiger partial charge in [0.25, 0.3) is 0 Å². The Bertz CT molecular complexity index is 532. The first kappa shape index (κ1) is 16.1. The molecule has 0 radical (unpaired) electrons. The molecule has 0 fully saturated rings. The topological polar surface area (TPSA) is 21.3 Å². The van der Waals surface area contributed by atoms with Crippen LogP contribution in [0.25, 0.3) is 0 Å². The maximum absolute atomic E-state index is 5.21. The van der Waals surface area contributed by atoms with Crippen LogP contribution in [0.4, 0.5) is 0 Å². The number of hydrogen-bond acceptors (Lipinski definition) is 3. The first-order valence-corrected chi connectivity index (χ1v) is 8.53. The van der Waals surface area contributed by atoms with Crippen LogP contribution in [-0.4, -0.2) is 13.7 Å². The Morgan fingerprint density at radius 1 is 1.19 bits per heavy atom. The van der Waals surface area contributed by atoms with Crippen LogP contribution in [0.2, 0.25) is 0 Å². The summed E-state index contributed by atoms with van der Waals surface area (Å²) in [6.45, 7) is 5.50. The lowest BCUT2D eigenvalue weighted by Gasteiger charge is -2.18. The molecule has 0 spiro atoms. The number of methoxy groups -OCH3 is 1. The van der Waals surface area contributed by atoms with E-state index in [2.05, 4.69) is 42.7 Å². The van der Waals surface area contributed by atoms with E-state index in [1.165, 1.54) is 22.4 Å². The molecule has 0 bridgehead atoms. The normalized spacial score (nSPS) is 12.3. The molecule has 1 aromatic carbocycles. The van der Waals surface area contributed by atoms with Crippen molar-refractivity contribution >= 4 is 11.3 Å². The Hall–Kier alpha value is -1.32. The molecule has 1 heterocycles. The largest absolute Gasteiger partial charge is 0.497 e. The van der Waals surface area contributed by atoms with Crippen LogP contribution in [0, 0.1) is 6.92 Å². The highest BCUT2D eigenvalue weighted by molar-refractivity contribution is 7.10. The van der Waals surface area contributed by atoms with Gasteiger partial charge in [0.05, 0.1) is 7.11 Å². The third-order valence-corrected chi connectivity index (χ3v) is 4.87. The van der Waals surface area contributed by atoms with Crippen molar-refractivity contribution in [1.82, 2.24) is 5.32 Å². The van der Waals surface area contributed by atoms with Crippen LogP contribution in [0.3, 0.4) is 0 Å². The van der Waals surface area contributed by atoms with Gasteiger partial charge >= 0.3 is 0 Å². The van der Waals surface area contributed by atoms with E-state index >= 15 is 0 Å². The standard InChI is InChI=1S/C18H25NOS/c1-4-12-19-17(18-14(2)11-13-21-18)10-7-15-5-8-16(20-3)9-6-15/h5-6,8-9,11,13,17,19H,4,7,10,12H2,1-3H3. The van der Waals surface area contributed by atoms with Crippen LogP contribution in [0.1, 0.15) is 41.8 Å². The van der Waals surface area contributed by atoms with Crippen LogP contribution in [0.5, 0.6) is 5.75 Å². The number of rotatable bonds is 8. The molecule has 1 atom stereocenters. The molecule has 0 aliphatic carbocycles. The monoisotopic (exact) mass is 303 g/mol. The second-order valence-electron chi connectivity index (χ2n) is 5.36. The van der Waals surface area contributed by atoms with Crippen LogP contribution >= 0.6 is 11.3 Å². The van der Waals surface area contributed by atoms with Gasteiger partial charge in [0.1, 0.15) is 5.75 Å². The molecule has 0 aliphatic heterocycles. The van der Waals surface area contributed by atoms with Crippen molar-refractivity contribution in [1.29, 1.82) is 0 Å². The minimum absolute atomic E-state index is 0.465. The molecule has 0 saturated heterocycles. The predicted molar refractivity (Wildman–Crippen MR) is 91.4 cm³/mol. The van der Waals surface area contributed by atoms with Gasteiger partial charge in [-0.15, -0.1) is 11.3 Å². The number of hydrogen-bond donors (Lipinski definition) is 1. The molecule has 2 nitrogen and oxygen atoms in total. The summed E-state index contributed by atoms with van der Waals surface area (Å²) < 4.78 is 5.21. The molecule has 0 aliphatic rings. The third-order valence-electron chi connectivity index (χ3n) is 3.74. The lowest BCUT2D eigenvalue weighted by atomic mass is 10.0. The molecule has 0 amide bonds.